The number of rotatable bonds is 2. The van der Waals surface area contributed by atoms with Crippen LogP contribution in [0.5, 0.6) is 0 Å². The van der Waals surface area contributed by atoms with Crippen molar-refractivity contribution in [1.82, 2.24) is 0 Å². The van der Waals surface area contributed by atoms with E-state index in [1.54, 1.807) is 0 Å². The summed E-state index contributed by atoms with van der Waals surface area (Å²) in [6, 6.07) is 0. The second-order valence-electron chi connectivity index (χ2n) is 3.96. The van der Waals surface area contributed by atoms with Crippen LogP contribution in [-0.2, 0) is 0 Å². The average molecular weight is 140 g/mol. The average Bonchev–Trinajstić information content (AvgIpc) is 2.34. The molecule has 60 valence electrons. The van der Waals surface area contributed by atoms with Crippen molar-refractivity contribution >= 4 is 0 Å². The van der Waals surface area contributed by atoms with E-state index in [1.165, 1.54) is 25.7 Å². The predicted octanol–water partition coefficient (Wildman–Crippen LogP) is 3.47. The van der Waals surface area contributed by atoms with Gasteiger partial charge in [0, 0.05) is 0 Å². The zero-order chi connectivity index (χ0) is 7.56. The molecule has 0 aliphatic heterocycles. The summed E-state index contributed by atoms with van der Waals surface area (Å²) in [5.74, 6) is 3.03. The fourth-order valence-electron chi connectivity index (χ4n) is 2.32. The third kappa shape index (κ3) is 1.53. The third-order valence-corrected chi connectivity index (χ3v) is 3.30. The zero-order valence-corrected chi connectivity index (χ0v) is 7.56. The Morgan fingerprint density at radius 1 is 1.40 bits per heavy atom. The molecule has 10 heavy (non-hydrogen) atoms. The van der Waals surface area contributed by atoms with Crippen molar-refractivity contribution in [1.29, 1.82) is 0 Å². The Labute approximate surface area is 65.0 Å². The van der Waals surface area contributed by atoms with Crippen LogP contribution in [-0.4, -0.2) is 0 Å². The lowest BCUT2D eigenvalue weighted by Gasteiger charge is -2.21. The molecule has 0 heteroatoms. The van der Waals surface area contributed by atoms with Crippen LogP contribution in [0.1, 0.15) is 46.5 Å². The lowest BCUT2D eigenvalue weighted by molar-refractivity contribution is 0.287. The van der Waals surface area contributed by atoms with Crippen molar-refractivity contribution in [3.63, 3.8) is 0 Å². The highest BCUT2D eigenvalue weighted by atomic mass is 14.3. The normalized spacial score (nSPS) is 36.3. The Balaban J connectivity index is 2.38. The molecule has 3 atom stereocenters. The van der Waals surface area contributed by atoms with Crippen LogP contribution < -0.4 is 0 Å². The molecule has 1 fully saturated rings. The SMILES string of the molecule is CC[C@H](C)C1CCCC1C. The molecule has 0 aromatic rings. The quantitative estimate of drug-likeness (QED) is 0.551. The number of hydrogen-bond acceptors (Lipinski definition) is 0. The molecule has 0 nitrogen and oxygen atoms in total. The lowest BCUT2D eigenvalue weighted by atomic mass is 9.85. The van der Waals surface area contributed by atoms with E-state index in [0.29, 0.717) is 0 Å². The molecular formula is C10H20. The molecule has 1 aliphatic carbocycles. The molecule has 0 amide bonds. The maximum absolute atomic E-state index is 2.42. The van der Waals surface area contributed by atoms with E-state index in [-0.39, 0.29) is 0 Å². The van der Waals surface area contributed by atoms with Gasteiger partial charge in [-0.3, -0.25) is 0 Å². The van der Waals surface area contributed by atoms with Gasteiger partial charge in [-0.25, -0.2) is 0 Å². The van der Waals surface area contributed by atoms with Gasteiger partial charge in [-0.2, -0.15) is 0 Å². The van der Waals surface area contributed by atoms with Crippen LogP contribution in [0.2, 0.25) is 0 Å². The van der Waals surface area contributed by atoms with Gasteiger partial charge in [0.1, 0.15) is 0 Å². The van der Waals surface area contributed by atoms with Crippen molar-refractivity contribution in [2.24, 2.45) is 17.8 Å². The second kappa shape index (κ2) is 3.41. The molecule has 0 radical (unpaired) electrons. The summed E-state index contributed by atoms with van der Waals surface area (Å²) in [6.45, 7) is 7.14. The maximum atomic E-state index is 2.42. The minimum atomic E-state index is 0.970. The topological polar surface area (TPSA) is 0 Å². The van der Waals surface area contributed by atoms with Crippen molar-refractivity contribution in [2.75, 3.05) is 0 Å². The van der Waals surface area contributed by atoms with Gasteiger partial charge in [0.15, 0.2) is 0 Å². The van der Waals surface area contributed by atoms with Gasteiger partial charge in [-0.05, 0) is 24.2 Å². The highest BCUT2D eigenvalue weighted by Crippen LogP contribution is 2.37. The first kappa shape index (κ1) is 8.10. The van der Waals surface area contributed by atoms with Gasteiger partial charge in [0.2, 0.25) is 0 Å². The first-order chi connectivity index (χ1) is 4.75. The van der Waals surface area contributed by atoms with E-state index in [2.05, 4.69) is 20.8 Å². The van der Waals surface area contributed by atoms with Crippen LogP contribution >= 0.6 is 0 Å². The summed E-state index contributed by atoms with van der Waals surface area (Å²) in [4.78, 5) is 0. The first-order valence-electron chi connectivity index (χ1n) is 4.75. The Morgan fingerprint density at radius 2 is 2.10 bits per heavy atom. The van der Waals surface area contributed by atoms with Gasteiger partial charge < -0.3 is 0 Å². The first-order valence-corrected chi connectivity index (χ1v) is 4.75. The summed E-state index contributed by atoms with van der Waals surface area (Å²) in [6.07, 6.45) is 5.83. The van der Waals surface area contributed by atoms with Gasteiger partial charge in [0.25, 0.3) is 0 Å². The molecule has 0 aromatic heterocycles. The van der Waals surface area contributed by atoms with Gasteiger partial charge in [-0.1, -0.05) is 40.0 Å². The van der Waals surface area contributed by atoms with Crippen LogP contribution in [0.25, 0.3) is 0 Å². The highest BCUT2D eigenvalue weighted by Gasteiger charge is 2.26. The largest absolute Gasteiger partial charge is 0.0651 e. The van der Waals surface area contributed by atoms with E-state index >= 15 is 0 Å². The molecule has 1 aliphatic rings. The van der Waals surface area contributed by atoms with Crippen molar-refractivity contribution in [3.8, 4) is 0 Å². The Hall–Kier alpha value is 0. The minimum absolute atomic E-state index is 0.970. The molecule has 0 bridgehead atoms. The van der Waals surface area contributed by atoms with E-state index < -0.39 is 0 Å². The zero-order valence-electron chi connectivity index (χ0n) is 7.56. The van der Waals surface area contributed by atoms with Crippen molar-refractivity contribution < 1.29 is 0 Å². The molecule has 1 rings (SSSR count). The Kier molecular flexibility index (Phi) is 2.76. The van der Waals surface area contributed by atoms with Crippen molar-refractivity contribution in [2.45, 2.75) is 46.5 Å². The Morgan fingerprint density at radius 3 is 2.50 bits per heavy atom. The molecule has 0 heterocycles. The smallest absolute Gasteiger partial charge is 0.0363 e. The molecule has 1 saturated carbocycles. The fourth-order valence-corrected chi connectivity index (χ4v) is 2.32. The van der Waals surface area contributed by atoms with Crippen LogP contribution in [0, 0.1) is 17.8 Å². The second-order valence-corrected chi connectivity index (χ2v) is 3.96. The summed E-state index contributed by atoms with van der Waals surface area (Å²) >= 11 is 0. The maximum Gasteiger partial charge on any atom is -0.0363 e. The van der Waals surface area contributed by atoms with E-state index in [9.17, 15) is 0 Å². The van der Waals surface area contributed by atoms with Crippen LogP contribution in [0.15, 0.2) is 0 Å². The van der Waals surface area contributed by atoms with E-state index in [4.69, 9.17) is 0 Å². The van der Waals surface area contributed by atoms with E-state index in [0.717, 1.165) is 17.8 Å². The van der Waals surface area contributed by atoms with Crippen LogP contribution in [0.4, 0.5) is 0 Å². The summed E-state index contributed by atoms with van der Waals surface area (Å²) in [7, 11) is 0. The number of hydrogen-bond donors (Lipinski definition) is 0. The minimum Gasteiger partial charge on any atom is -0.0651 e. The molecule has 0 spiro atoms. The lowest BCUT2D eigenvalue weighted by Crippen LogP contribution is -2.13. The summed E-state index contributed by atoms with van der Waals surface area (Å²) in [5, 5.41) is 0. The predicted molar refractivity (Wildman–Crippen MR) is 46.0 cm³/mol. The Bertz CT molecular complexity index is 96.2. The van der Waals surface area contributed by atoms with Crippen molar-refractivity contribution in [3.05, 3.63) is 0 Å². The van der Waals surface area contributed by atoms with Gasteiger partial charge in [0.05, 0.1) is 0 Å². The molecular weight excluding hydrogens is 120 g/mol. The van der Waals surface area contributed by atoms with Gasteiger partial charge >= 0.3 is 0 Å². The molecule has 0 saturated heterocycles. The molecule has 0 N–H and O–H groups in total. The highest BCUT2D eigenvalue weighted by molar-refractivity contribution is 4.77. The fraction of sp³-hybridized carbons (Fsp3) is 1.00. The van der Waals surface area contributed by atoms with Gasteiger partial charge in [-0.15, -0.1) is 0 Å². The van der Waals surface area contributed by atoms with Crippen LogP contribution in [0.3, 0.4) is 0 Å². The molecule has 0 aromatic carbocycles. The monoisotopic (exact) mass is 140 g/mol. The summed E-state index contributed by atoms with van der Waals surface area (Å²) < 4.78 is 0. The van der Waals surface area contributed by atoms with E-state index in [1.807, 2.05) is 0 Å². The molecule has 2 unspecified atom stereocenters. The summed E-state index contributed by atoms with van der Waals surface area (Å²) in [5.41, 5.74) is 0. The standard InChI is InChI=1S/C10H20/c1-4-8(2)10-7-5-6-9(10)3/h8-10H,4-7H2,1-3H3/t8-,9?,10?/m0/s1. The third-order valence-electron chi connectivity index (χ3n) is 3.30.